The van der Waals surface area contributed by atoms with E-state index in [0.29, 0.717) is 5.52 Å². The van der Waals surface area contributed by atoms with Crippen molar-refractivity contribution < 1.29 is 4.39 Å². The summed E-state index contributed by atoms with van der Waals surface area (Å²) in [7, 11) is 1.88. The number of halogens is 1. The SMILES string of the molecule is CCCc1nc2c(C)ccc(F)c2n1C. The molecule has 0 bridgehead atoms. The van der Waals surface area contributed by atoms with Gasteiger partial charge in [0.05, 0.1) is 5.52 Å². The molecule has 0 radical (unpaired) electrons. The summed E-state index contributed by atoms with van der Waals surface area (Å²) in [4.78, 5) is 4.49. The van der Waals surface area contributed by atoms with Gasteiger partial charge in [0.1, 0.15) is 17.2 Å². The van der Waals surface area contributed by atoms with Crippen molar-refractivity contribution >= 4 is 11.0 Å². The van der Waals surface area contributed by atoms with Gasteiger partial charge in [-0.3, -0.25) is 0 Å². The number of aromatic nitrogens is 2. The Kier molecular flexibility index (Phi) is 2.47. The second kappa shape index (κ2) is 3.65. The van der Waals surface area contributed by atoms with Crippen LogP contribution in [0.4, 0.5) is 4.39 Å². The van der Waals surface area contributed by atoms with E-state index in [0.717, 1.165) is 29.7 Å². The summed E-state index contributed by atoms with van der Waals surface area (Å²) in [5, 5.41) is 0. The molecule has 1 aromatic carbocycles. The number of hydrogen-bond acceptors (Lipinski definition) is 1. The Labute approximate surface area is 88.7 Å². The zero-order valence-corrected chi connectivity index (χ0v) is 9.34. The van der Waals surface area contributed by atoms with E-state index in [1.54, 1.807) is 6.07 Å². The fraction of sp³-hybridized carbons (Fsp3) is 0.417. The highest BCUT2D eigenvalue weighted by atomic mass is 19.1. The van der Waals surface area contributed by atoms with Gasteiger partial charge in [-0.2, -0.15) is 0 Å². The molecule has 3 heteroatoms. The van der Waals surface area contributed by atoms with Crippen LogP contribution in [0.3, 0.4) is 0 Å². The summed E-state index contributed by atoms with van der Waals surface area (Å²) >= 11 is 0. The van der Waals surface area contributed by atoms with Crippen molar-refractivity contribution in [2.24, 2.45) is 7.05 Å². The molecule has 2 rings (SSSR count). The van der Waals surface area contributed by atoms with Crippen molar-refractivity contribution in [3.63, 3.8) is 0 Å². The van der Waals surface area contributed by atoms with E-state index in [-0.39, 0.29) is 5.82 Å². The molecule has 0 aliphatic rings. The van der Waals surface area contributed by atoms with Crippen LogP contribution in [0.2, 0.25) is 0 Å². The molecule has 0 saturated heterocycles. The van der Waals surface area contributed by atoms with Crippen molar-refractivity contribution in [2.75, 3.05) is 0 Å². The monoisotopic (exact) mass is 206 g/mol. The van der Waals surface area contributed by atoms with Gasteiger partial charge in [0.15, 0.2) is 0 Å². The van der Waals surface area contributed by atoms with Crippen molar-refractivity contribution in [2.45, 2.75) is 26.7 Å². The minimum atomic E-state index is -0.187. The summed E-state index contributed by atoms with van der Waals surface area (Å²) in [5.41, 5.74) is 2.45. The van der Waals surface area contributed by atoms with Crippen LogP contribution < -0.4 is 0 Å². The second-order valence-corrected chi connectivity index (χ2v) is 3.90. The van der Waals surface area contributed by atoms with Crippen LogP contribution in [0.15, 0.2) is 12.1 Å². The van der Waals surface area contributed by atoms with E-state index in [1.165, 1.54) is 6.07 Å². The molecule has 2 nitrogen and oxygen atoms in total. The predicted octanol–water partition coefficient (Wildman–Crippen LogP) is 2.97. The van der Waals surface area contributed by atoms with Gasteiger partial charge in [-0.15, -0.1) is 0 Å². The Morgan fingerprint density at radius 1 is 1.40 bits per heavy atom. The lowest BCUT2D eigenvalue weighted by atomic mass is 10.2. The molecular weight excluding hydrogens is 191 g/mol. The molecule has 0 unspecified atom stereocenters. The van der Waals surface area contributed by atoms with Gasteiger partial charge in [0.2, 0.25) is 0 Å². The lowest BCUT2D eigenvalue weighted by Crippen LogP contribution is -1.97. The fourth-order valence-electron chi connectivity index (χ4n) is 1.90. The minimum absolute atomic E-state index is 0.187. The third-order valence-electron chi connectivity index (χ3n) is 2.74. The smallest absolute Gasteiger partial charge is 0.149 e. The van der Waals surface area contributed by atoms with Gasteiger partial charge in [0, 0.05) is 13.5 Å². The molecule has 0 amide bonds. The van der Waals surface area contributed by atoms with Crippen LogP contribution in [0, 0.1) is 12.7 Å². The van der Waals surface area contributed by atoms with E-state index in [9.17, 15) is 4.39 Å². The zero-order chi connectivity index (χ0) is 11.0. The number of aryl methyl sites for hydroxylation is 3. The zero-order valence-electron chi connectivity index (χ0n) is 9.34. The van der Waals surface area contributed by atoms with Crippen LogP contribution >= 0.6 is 0 Å². The number of rotatable bonds is 2. The van der Waals surface area contributed by atoms with Crippen LogP contribution in [0.5, 0.6) is 0 Å². The van der Waals surface area contributed by atoms with E-state index >= 15 is 0 Å². The lowest BCUT2D eigenvalue weighted by molar-refractivity contribution is 0.629. The molecule has 15 heavy (non-hydrogen) atoms. The maximum absolute atomic E-state index is 13.6. The maximum atomic E-state index is 13.6. The fourth-order valence-corrected chi connectivity index (χ4v) is 1.90. The van der Waals surface area contributed by atoms with Crippen molar-refractivity contribution in [1.29, 1.82) is 0 Å². The lowest BCUT2D eigenvalue weighted by Gasteiger charge is -2.01. The number of benzene rings is 1. The largest absolute Gasteiger partial charge is 0.329 e. The average Bonchev–Trinajstić information content (AvgIpc) is 2.53. The molecule has 1 aromatic heterocycles. The average molecular weight is 206 g/mol. The van der Waals surface area contributed by atoms with E-state index < -0.39 is 0 Å². The van der Waals surface area contributed by atoms with Gasteiger partial charge in [-0.25, -0.2) is 9.37 Å². The Bertz CT molecular complexity index is 500. The van der Waals surface area contributed by atoms with E-state index in [2.05, 4.69) is 11.9 Å². The molecule has 0 spiro atoms. The molecule has 0 aliphatic heterocycles. The van der Waals surface area contributed by atoms with Crippen molar-refractivity contribution in [1.82, 2.24) is 9.55 Å². The molecule has 1 heterocycles. The van der Waals surface area contributed by atoms with Gasteiger partial charge in [-0.05, 0) is 25.0 Å². The first kappa shape index (κ1) is 10.1. The molecular formula is C12H15FN2. The normalized spacial score (nSPS) is 11.2. The molecule has 0 fully saturated rings. The highest BCUT2D eigenvalue weighted by Gasteiger charge is 2.12. The first-order valence-corrected chi connectivity index (χ1v) is 5.25. The number of nitrogens with zero attached hydrogens (tertiary/aromatic N) is 2. The van der Waals surface area contributed by atoms with Crippen LogP contribution in [-0.4, -0.2) is 9.55 Å². The topological polar surface area (TPSA) is 17.8 Å². The highest BCUT2D eigenvalue weighted by molar-refractivity contribution is 5.80. The first-order chi connectivity index (χ1) is 7.15. The van der Waals surface area contributed by atoms with Gasteiger partial charge in [0.25, 0.3) is 0 Å². The van der Waals surface area contributed by atoms with Crippen molar-refractivity contribution in [3.05, 3.63) is 29.3 Å². The predicted molar refractivity (Wildman–Crippen MR) is 59.4 cm³/mol. The number of fused-ring (bicyclic) bond motifs is 1. The Morgan fingerprint density at radius 3 is 2.73 bits per heavy atom. The van der Waals surface area contributed by atoms with Gasteiger partial charge in [-0.1, -0.05) is 13.0 Å². The van der Waals surface area contributed by atoms with E-state index in [1.807, 2.05) is 18.5 Å². The first-order valence-electron chi connectivity index (χ1n) is 5.25. The molecule has 2 aromatic rings. The third-order valence-corrected chi connectivity index (χ3v) is 2.74. The summed E-state index contributed by atoms with van der Waals surface area (Å²) in [6, 6.07) is 3.29. The number of imidazole rings is 1. The molecule has 0 saturated carbocycles. The summed E-state index contributed by atoms with van der Waals surface area (Å²) in [6.45, 7) is 4.06. The number of hydrogen-bond donors (Lipinski definition) is 0. The molecule has 0 N–H and O–H groups in total. The molecule has 80 valence electrons. The van der Waals surface area contributed by atoms with Gasteiger partial charge >= 0.3 is 0 Å². The third kappa shape index (κ3) is 1.52. The molecule has 0 atom stereocenters. The van der Waals surface area contributed by atoms with Crippen LogP contribution in [-0.2, 0) is 13.5 Å². The minimum Gasteiger partial charge on any atom is -0.329 e. The quantitative estimate of drug-likeness (QED) is 0.738. The van der Waals surface area contributed by atoms with Gasteiger partial charge < -0.3 is 4.57 Å². The Hall–Kier alpha value is -1.38. The van der Waals surface area contributed by atoms with Crippen LogP contribution in [0.1, 0.15) is 24.7 Å². The summed E-state index contributed by atoms with van der Waals surface area (Å²) in [6.07, 6.45) is 1.92. The second-order valence-electron chi connectivity index (χ2n) is 3.90. The molecule has 0 aliphatic carbocycles. The maximum Gasteiger partial charge on any atom is 0.149 e. The van der Waals surface area contributed by atoms with Crippen molar-refractivity contribution in [3.8, 4) is 0 Å². The highest BCUT2D eigenvalue weighted by Crippen LogP contribution is 2.22. The van der Waals surface area contributed by atoms with Crippen LogP contribution in [0.25, 0.3) is 11.0 Å². The Balaban J connectivity index is 2.75. The summed E-state index contributed by atoms with van der Waals surface area (Å²) < 4.78 is 15.5. The summed E-state index contributed by atoms with van der Waals surface area (Å²) in [5.74, 6) is 0.772. The van der Waals surface area contributed by atoms with E-state index in [4.69, 9.17) is 0 Å². The Morgan fingerprint density at radius 2 is 2.13 bits per heavy atom. The standard InChI is InChI=1S/C12H15FN2/c1-4-5-10-14-11-8(2)6-7-9(13)12(11)15(10)3/h6-7H,4-5H2,1-3H3.